The molecule has 0 aliphatic rings. The number of carbonyl (C=O) groups excluding carboxylic acids is 2. The molecule has 0 bridgehead atoms. The van der Waals surface area contributed by atoms with Gasteiger partial charge in [-0.1, -0.05) is 0 Å². The highest BCUT2D eigenvalue weighted by Gasteiger charge is 2.23. The van der Waals surface area contributed by atoms with E-state index in [4.69, 9.17) is 5.73 Å². The van der Waals surface area contributed by atoms with Gasteiger partial charge in [0.05, 0.1) is 11.5 Å². The van der Waals surface area contributed by atoms with Crippen molar-refractivity contribution < 1.29 is 19.2 Å². The topological polar surface area (TPSA) is 125 Å². The molecule has 1 amide bonds. The molecule has 1 unspecified atom stereocenters. The zero-order chi connectivity index (χ0) is 14.4. The number of amides is 1. The third-order valence-corrected chi connectivity index (χ3v) is 2.17. The summed E-state index contributed by atoms with van der Waals surface area (Å²) in [5.74, 6) is -1.57. The molecule has 0 aliphatic heterocycles. The second-order valence-corrected chi connectivity index (χ2v) is 3.52. The molecule has 0 heterocycles. The smallest absolute Gasteiger partial charge is 0.332 e. The van der Waals surface area contributed by atoms with Crippen LogP contribution in [0.4, 0.5) is 11.4 Å². The zero-order valence-corrected chi connectivity index (χ0v) is 10.2. The van der Waals surface area contributed by atoms with Gasteiger partial charge in [-0.2, -0.15) is 0 Å². The van der Waals surface area contributed by atoms with Crippen molar-refractivity contribution in [1.82, 2.24) is 0 Å². The van der Waals surface area contributed by atoms with E-state index >= 15 is 0 Å². The lowest BCUT2D eigenvalue weighted by Gasteiger charge is -2.10. The Hall–Kier alpha value is -2.48. The Labute approximate surface area is 108 Å². The Kier molecular flexibility index (Phi) is 4.95. The summed E-state index contributed by atoms with van der Waals surface area (Å²) in [5.41, 5.74) is 5.58. The molecule has 0 saturated heterocycles. The average molecular weight is 267 g/mol. The Morgan fingerprint density at radius 2 is 2.00 bits per heavy atom. The van der Waals surface area contributed by atoms with Crippen molar-refractivity contribution in [3.63, 3.8) is 0 Å². The van der Waals surface area contributed by atoms with Crippen molar-refractivity contribution >= 4 is 23.3 Å². The normalized spacial score (nSPS) is 11.5. The number of anilines is 1. The van der Waals surface area contributed by atoms with Gasteiger partial charge < -0.3 is 15.8 Å². The fourth-order valence-electron chi connectivity index (χ4n) is 1.23. The molecular weight excluding hydrogens is 254 g/mol. The van der Waals surface area contributed by atoms with Crippen molar-refractivity contribution in [2.24, 2.45) is 5.73 Å². The number of nitro groups is 1. The number of rotatable bonds is 5. The number of nitrogens with two attached hydrogens (primary N) is 1. The molecule has 0 saturated carbocycles. The third kappa shape index (κ3) is 4.03. The number of nitro benzene ring substituents is 1. The van der Waals surface area contributed by atoms with Crippen molar-refractivity contribution in [3.05, 3.63) is 34.4 Å². The van der Waals surface area contributed by atoms with Crippen LogP contribution >= 0.6 is 0 Å². The summed E-state index contributed by atoms with van der Waals surface area (Å²) in [6.07, 6.45) is 0. The quantitative estimate of drug-likeness (QED) is 0.345. The van der Waals surface area contributed by atoms with Gasteiger partial charge in [0.1, 0.15) is 0 Å². The molecule has 0 spiro atoms. The highest BCUT2D eigenvalue weighted by atomic mass is 16.6. The van der Waals surface area contributed by atoms with Crippen LogP contribution in [0.2, 0.25) is 0 Å². The molecule has 19 heavy (non-hydrogen) atoms. The fraction of sp³-hybridized carbons (Fsp3) is 0.273. The van der Waals surface area contributed by atoms with Gasteiger partial charge in [0.2, 0.25) is 0 Å². The van der Waals surface area contributed by atoms with Gasteiger partial charge in [0.15, 0.2) is 6.04 Å². The van der Waals surface area contributed by atoms with E-state index in [1.54, 1.807) is 6.92 Å². The van der Waals surface area contributed by atoms with Crippen molar-refractivity contribution in [2.45, 2.75) is 13.0 Å². The van der Waals surface area contributed by atoms with Crippen LogP contribution in [0.25, 0.3) is 0 Å². The van der Waals surface area contributed by atoms with E-state index in [2.05, 4.69) is 10.1 Å². The van der Waals surface area contributed by atoms with Crippen LogP contribution in [-0.4, -0.2) is 29.4 Å². The summed E-state index contributed by atoms with van der Waals surface area (Å²) in [6, 6.07) is 3.70. The van der Waals surface area contributed by atoms with E-state index in [1.165, 1.54) is 24.3 Å². The van der Waals surface area contributed by atoms with Gasteiger partial charge in [-0.15, -0.1) is 0 Å². The van der Waals surface area contributed by atoms with E-state index in [9.17, 15) is 19.7 Å². The predicted molar refractivity (Wildman–Crippen MR) is 66.3 cm³/mol. The van der Waals surface area contributed by atoms with Crippen LogP contribution in [-0.2, 0) is 14.3 Å². The number of carbonyl (C=O) groups is 2. The lowest BCUT2D eigenvalue weighted by molar-refractivity contribution is -0.384. The van der Waals surface area contributed by atoms with E-state index in [-0.39, 0.29) is 12.3 Å². The minimum atomic E-state index is -1.44. The van der Waals surface area contributed by atoms with Gasteiger partial charge in [-0.3, -0.25) is 14.9 Å². The number of nitrogens with one attached hydrogen (secondary N) is 1. The number of ether oxygens (including phenoxy) is 1. The maximum atomic E-state index is 11.6. The van der Waals surface area contributed by atoms with Gasteiger partial charge in [0, 0.05) is 17.8 Å². The van der Waals surface area contributed by atoms with Crippen LogP contribution in [0.1, 0.15) is 6.92 Å². The molecule has 3 N–H and O–H groups in total. The molecule has 8 nitrogen and oxygen atoms in total. The number of hydrogen-bond donors (Lipinski definition) is 2. The second kappa shape index (κ2) is 6.45. The molecular formula is C11H13N3O5. The Bertz CT molecular complexity index is 486. The molecule has 1 aromatic rings. The largest absolute Gasteiger partial charge is 0.464 e. The van der Waals surface area contributed by atoms with Crippen molar-refractivity contribution in [3.8, 4) is 0 Å². The third-order valence-electron chi connectivity index (χ3n) is 2.17. The maximum absolute atomic E-state index is 11.6. The number of esters is 1. The molecule has 0 fully saturated rings. The standard InChI is InChI=1S/C11H13N3O5/c1-2-19-11(16)9(12)10(15)13-7-3-5-8(6-4-7)14(17)18/h3-6,9H,2,12H2,1H3,(H,13,15). The van der Waals surface area contributed by atoms with Crippen LogP contribution in [0.15, 0.2) is 24.3 Å². The Balaban J connectivity index is 2.66. The Morgan fingerprint density at radius 3 is 2.47 bits per heavy atom. The first-order valence-electron chi connectivity index (χ1n) is 5.43. The zero-order valence-electron chi connectivity index (χ0n) is 10.2. The van der Waals surface area contributed by atoms with Crippen LogP contribution in [0, 0.1) is 10.1 Å². The highest BCUT2D eigenvalue weighted by molar-refractivity contribution is 6.08. The first-order chi connectivity index (χ1) is 8.95. The maximum Gasteiger partial charge on any atom is 0.332 e. The SMILES string of the molecule is CCOC(=O)C(N)C(=O)Nc1ccc([N+](=O)[O-])cc1. The first kappa shape index (κ1) is 14.6. The second-order valence-electron chi connectivity index (χ2n) is 3.52. The lowest BCUT2D eigenvalue weighted by atomic mass is 10.2. The van der Waals surface area contributed by atoms with Gasteiger partial charge in [-0.25, -0.2) is 4.79 Å². The summed E-state index contributed by atoms with van der Waals surface area (Å²) >= 11 is 0. The molecule has 1 rings (SSSR count). The fourth-order valence-corrected chi connectivity index (χ4v) is 1.23. The lowest BCUT2D eigenvalue weighted by Crippen LogP contribution is -2.43. The molecule has 102 valence electrons. The molecule has 0 aromatic heterocycles. The van der Waals surface area contributed by atoms with Crippen LogP contribution in [0.5, 0.6) is 0 Å². The minimum absolute atomic E-state index is 0.104. The average Bonchev–Trinajstić information content (AvgIpc) is 2.38. The van der Waals surface area contributed by atoms with Crippen LogP contribution < -0.4 is 11.1 Å². The summed E-state index contributed by atoms with van der Waals surface area (Å²) in [6.45, 7) is 1.72. The van der Waals surface area contributed by atoms with E-state index in [1.807, 2.05) is 0 Å². The number of nitrogens with zero attached hydrogens (tertiary/aromatic N) is 1. The summed E-state index contributed by atoms with van der Waals surface area (Å²) in [4.78, 5) is 32.7. The summed E-state index contributed by atoms with van der Waals surface area (Å²) in [7, 11) is 0. The minimum Gasteiger partial charge on any atom is -0.464 e. The highest BCUT2D eigenvalue weighted by Crippen LogP contribution is 2.15. The molecule has 0 aliphatic carbocycles. The van der Waals surface area contributed by atoms with Crippen molar-refractivity contribution in [1.29, 1.82) is 0 Å². The van der Waals surface area contributed by atoms with Gasteiger partial charge >= 0.3 is 5.97 Å². The Morgan fingerprint density at radius 1 is 1.42 bits per heavy atom. The summed E-state index contributed by atoms with van der Waals surface area (Å²) < 4.78 is 4.60. The molecule has 8 heteroatoms. The van der Waals surface area contributed by atoms with Gasteiger partial charge in [0.25, 0.3) is 11.6 Å². The molecule has 1 atom stereocenters. The van der Waals surface area contributed by atoms with E-state index in [0.717, 1.165) is 0 Å². The first-order valence-corrected chi connectivity index (χ1v) is 5.43. The molecule has 1 aromatic carbocycles. The van der Waals surface area contributed by atoms with Crippen molar-refractivity contribution in [2.75, 3.05) is 11.9 Å². The van der Waals surface area contributed by atoms with Gasteiger partial charge in [-0.05, 0) is 19.1 Å². The monoisotopic (exact) mass is 267 g/mol. The van der Waals surface area contributed by atoms with E-state index < -0.39 is 22.8 Å². The predicted octanol–water partition coefficient (Wildman–Crippen LogP) is 0.424. The van der Waals surface area contributed by atoms with Crippen LogP contribution in [0.3, 0.4) is 0 Å². The number of non-ortho nitro benzene ring substituents is 1. The molecule has 0 radical (unpaired) electrons. The van der Waals surface area contributed by atoms with E-state index in [0.29, 0.717) is 5.69 Å². The number of benzene rings is 1. The number of hydrogen-bond acceptors (Lipinski definition) is 6. The summed E-state index contributed by atoms with van der Waals surface area (Å²) in [5, 5.41) is 12.8.